The van der Waals surface area contributed by atoms with Gasteiger partial charge in [0.25, 0.3) is 17.4 Å². The van der Waals surface area contributed by atoms with Gasteiger partial charge in [-0.3, -0.25) is 33.0 Å². The summed E-state index contributed by atoms with van der Waals surface area (Å²) in [5, 5.41) is 15.2. The highest BCUT2D eigenvalue weighted by Crippen LogP contribution is 2.38. The first-order valence-corrected chi connectivity index (χ1v) is 13.0. The van der Waals surface area contributed by atoms with Crippen molar-refractivity contribution in [1.82, 2.24) is 19.3 Å². The average molecular weight is 601 g/mol. The van der Waals surface area contributed by atoms with Crippen molar-refractivity contribution in [1.29, 1.82) is 0 Å². The smallest absolute Gasteiger partial charge is 0.294 e. The molecule has 1 aliphatic heterocycles. The zero-order chi connectivity index (χ0) is 29.9. The largest absolute Gasteiger partial charge is 0.516 e. The van der Waals surface area contributed by atoms with Crippen LogP contribution in [0.4, 0.5) is 35.5 Å². The third-order valence-electron chi connectivity index (χ3n) is 5.54. The van der Waals surface area contributed by atoms with Crippen molar-refractivity contribution in [2.24, 2.45) is 24.3 Å². The molecule has 1 aliphatic rings. The average Bonchev–Trinajstić information content (AvgIpc) is 3.39. The number of nitrogens with zero attached hydrogens (tertiary/aromatic N) is 7. The maximum atomic E-state index is 13.3. The fraction of sp³-hybridized carbons (Fsp3) is 0.250. The van der Waals surface area contributed by atoms with Gasteiger partial charge in [-0.1, -0.05) is 11.3 Å². The molecule has 1 aromatic carbocycles. The number of Topliss-reactive ketones (excluding diaryl/α,β-unsaturated/α-hetero) is 1. The third kappa shape index (κ3) is 4.49. The van der Waals surface area contributed by atoms with Gasteiger partial charge in [-0.25, -0.2) is 9.69 Å². The van der Waals surface area contributed by atoms with Crippen LogP contribution in [0.25, 0.3) is 0 Å². The number of hydrogen-bond acceptors (Lipinski definition) is 12. The molecule has 3 aromatic rings. The molecule has 20 heteroatoms. The Bertz CT molecular complexity index is 1890. The summed E-state index contributed by atoms with van der Waals surface area (Å²) in [5.41, 5.74) is -11.0. The van der Waals surface area contributed by atoms with Crippen molar-refractivity contribution in [3.63, 3.8) is 0 Å². The molecule has 0 aliphatic carbocycles. The molecule has 40 heavy (non-hydrogen) atoms. The fourth-order valence-electron chi connectivity index (χ4n) is 3.57. The van der Waals surface area contributed by atoms with Gasteiger partial charge >= 0.3 is 21.2 Å². The van der Waals surface area contributed by atoms with Crippen molar-refractivity contribution in [3.8, 4) is 0 Å². The minimum absolute atomic E-state index is 0.0910. The number of carbonyl (C=O) groups excluding carboxylic acids is 3. The number of imide groups is 1. The van der Waals surface area contributed by atoms with Gasteiger partial charge in [0.2, 0.25) is 5.13 Å². The number of hydrogen-bond donors (Lipinski definition) is 1. The number of ketones is 1. The molecule has 0 saturated carbocycles. The van der Waals surface area contributed by atoms with Crippen LogP contribution in [0.3, 0.4) is 0 Å². The lowest BCUT2D eigenvalue weighted by Crippen LogP contribution is -2.40. The van der Waals surface area contributed by atoms with E-state index in [1.165, 1.54) is 6.07 Å². The number of azo groups is 1. The minimum atomic E-state index is -6.14. The predicted octanol–water partition coefficient (Wildman–Crippen LogP) is 1.92. The number of sulfonamides is 1. The van der Waals surface area contributed by atoms with Crippen molar-refractivity contribution in [3.05, 3.63) is 54.7 Å². The van der Waals surface area contributed by atoms with Gasteiger partial charge in [-0.05, 0) is 26.0 Å². The topological polar surface area (TPSA) is 195 Å². The van der Waals surface area contributed by atoms with Crippen molar-refractivity contribution < 1.29 is 36.0 Å². The molecule has 0 bridgehead atoms. The highest BCUT2D eigenvalue weighted by Gasteiger charge is 2.47. The molecule has 0 saturated heterocycles. The number of carbonyl (C=O) groups is 3. The number of rotatable bonds is 6. The number of aryl methyl sites for hydroxylation is 1. The van der Waals surface area contributed by atoms with Crippen LogP contribution in [0.2, 0.25) is 0 Å². The first kappa shape index (κ1) is 28.4. The van der Waals surface area contributed by atoms with Crippen LogP contribution in [0, 0.1) is 6.92 Å². The summed E-state index contributed by atoms with van der Waals surface area (Å²) in [7, 11) is -4.34. The summed E-state index contributed by atoms with van der Waals surface area (Å²) in [4.78, 5) is 64.5. The molecule has 0 fully saturated rings. The maximum absolute atomic E-state index is 13.3. The lowest BCUT2D eigenvalue weighted by molar-refractivity contribution is -0.0429. The molecule has 0 unspecified atom stereocenters. The van der Waals surface area contributed by atoms with E-state index in [0.29, 0.717) is 19.0 Å². The van der Waals surface area contributed by atoms with Crippen molar-refractivity contribution in [2.75, 3.05) is 9.62 Å². The summed E-state index contributed by atoms with van der Waals surface area (Å²) < 4.78 is 64.7. The van der Waals surface area contributed by atoms with Crippen molar-refractivity contribution in [2.45, 2.75) is 19.4 Å². The molecule has 210 valence electrons. The van der Waals surface area contributed by atoms with Crippen LogP contribution in [0.15, 0.2) is 32.0 Å². The minimum Gasteiger partial charge on any atom is -0.294 e. The fourth-order valence-corrected chi connectivity index (χ4v) is 4.86. The summed E-state index contributed by atoms with van der Waals surface area (Å²) in [6.45, 7) is 2.66. The lowest BCUT2D eigenvalue weighted by Gasteiger charge is -2.15. The predicted molar refractivity (Wildman–Crippen MR) is 132 cm³/mol. The standard InChI is InChI=1S/C20H15F3N8O7S2/c1-7(32)9-5-6-10-11(16(34)31(15(10)33)18-27-24-8(2)39-18)12(9)25-26-13-14(28-40(37,38)20(21,22)23)29(3)19(36)30(4)17(13)35/h5-6,28H,1-4H3. The Morgan fingerprint density at radius 3 is 2.17 bits per heavy atom. The van der Waals surface area contributed by atoms with E-state index in [-0.39, 0.29) is 16.3 Å². The SMILES string of the molecule is CC(=O)c1ccc2c(c1N=Nc1c(NS(=O)(=O)C(F)(F)F)n(C)c(=O)n(C)c1=O)C(=O)N(c1nnc(C)s1)C2=O. The van der Waals surface area contributed by atoms with E-state index < -0.39 is 67.1 Å². The number of benzene rings is 1. The zero-order valence-corrected chi connectivity index (χ0v) is 22.2. The van der Waals surface area contributed by atoms with E-state index in [4.69, 9.17) is 0 Å². The summed E-state index contributed by atoms with van der Waals surface area (Å²) in [6.07, 6.45) is 0. The Kier molecular flexibility index (Phi) is 6.79. The molecule has 2 aromatic heterocycles. The first-order chi connectivity index (χ1) is 18.5. The number of aromatic nitrogens is 4. The monoisotopic (exact) mass is 600 g/mol. The van der Waals surface area contributed by atoms with Gasteiger partial charge in [0.05, 0.1) is 11.1 Å². The molecule has 3 heterocycles. The van der Waals surface area contributed by atoms with Gasteiger partial charge in [-0.2, -0.15) is 21.6 Å². The summed E-state index contributed by atoms with van der Waals surface area (Å²) in [6, 6.07) is 2.31. The molecule has 0 radical (unpaired) electrons. The van der Waals surface area contributed by atoms with E-state index in [9.17, 15) is 45.6 Å². The Morgan fingerprint density at radius 1 is 1.00 bits per heavy atom. The molecule has 0 atom stereocenters. The number of alkyl halides is 3. The van der Waals surface area contributed by atoms with E-state index in [0.717, 1.165) is 43.1 Å². The second kappa shape index (κ2) is 9.55. The van der Waals surface area contributed by atoms with E-state index in [1.54, 1.807) is 6.92 Å². The third-order valence-corrected chi connectivity index (χ3v) is 7.44. The highest BCUT2D eigenvalue weighted by atomic mass is 32.2. The van der Waals surface area contributed by atoms with Crippen LogP contribution < -0.4 is 20.9 Å². The number of halogens is 3. The van der Waals surface area contributed by atoms with Gasteiger partial charge in [0.1, 0.15) is 10.7 Å². The Labute approximate surface area is 224 Å². The Balaban J connectivity index is 1.96. The molecule has 0 spiro atoms. The molecule has 1 N–H and O–H groups in total. The van der Waals surface area contributed by atoms with E-state index in [1.807, 2.05) is 0 Å². The van der Waals surface area contributed by atoms with Crippen LogP contribution in [0.1, 0.15) is 43.0 Å². The number of nitrogens with one attached hydrogen (secondary N) is 1. The second-order valence-electron chi connectivity index (χ2n) is 8.14. The molecular weight excluding hydrogens is 585 g/mol. The first-order valence-electron chi connectivity index (χ1n) is 10.7. The number of anilines is 2. The molecule has 4 rings (SSSR count). The molecular formula is C20H15F3N8O7S2. The second-order valence-corrected chi connectivity index (χ2v) is 11.0. The van der Waals surface area contributed by atoms with Gasteiger partial charge in [0, 0.05) is 19.7 Å². The number of fused-ring (bicyclic) bond motifs is 1. The van der Waals surface area contributed by atoms with Crippen molar-refractivity contribution >= 4 is 61.3 Å². The quantitative estimate of drug-likeness (QED) is 0.250. The number of amides is 2. The highest BCUT2D eigenvalue weighted by molar-refractivity contribution is 7.93. The molecule has 15 nitrogen and oxygen atoms in total. The summed E-state index contributed by atoms with van der Waals surface area (Å²) in [5.74, 6) is -3.70. The van der Waals surface area contributed by atoms with Crippen LogP contribution in [0.5, 0.6) is 0 Å². The Hall–Kier alpha value is -4.59. The Morgan fingerprint density at radius 2 is 1.62 bits per heavy atom. The van der Waals surface area contributed by atoms with Crippen LogP contribution >= 0.6 is 11.3 Å². The normalized spacial score (nSPS) is 13.8. The van der Waals surface area contributed by atoms with Gasteiger partial charge in [0.15, 0.2) is 17.3 Å². The van der Waals surface area contributed by atoms with Crippen LogP contribution in [-0.2, 0) is 24.1 Å². The molecule has 2 amide bonds. The van der Waals surface area contributed by atoms with Gasteiger partial charge < -0.3 is 0 Å². The maximum Gasteiger partial charge on any atom is 0.516 e. The summed E-state index contributed by atoms with van der Waals surface area (Å²) >= 11 is 0.913. The van der Waals surface area contributed by atoms with E-state index >= 15 is 0 Å². The van der Waals surface area contributed by atoms with Crippen LogP contribution in [-0.4, -0.2) is 50.9 Å². The zero-order valence-electron chi connectivity index (χ0n) is 20.6. The van der Waals surface area contributed by atoms with E-state index in [2.05, 4.69) is 20.4 Å². The van der Waals surface area contributed by atoms with Gasteiger partial charge in [-0.15, -0.1) is 20.4 Å². The lowest BCUT2D eigenvalue weighted by atomic mass is 10.0.